The van der Waals surface area contributed by atoms with Crippen LogP contribution in [0.3, 0.4) is 0 Å². The first kappa shape index (κ1) is 15.6. The molecule has 4 nitrogen and oxygen atoms in total. The maximum Gasteiger partial charge on any atom is 0.216 e. The number of rotatable bonds is 4. The molecule has 116 valence electrons. The molecule has 23 heavy (non-hydrogen) atoms. The molecule has 3 rings (SSSR count). The van der Waals surface area contributed by atoms with E-state index >= 15 is 0 Å². The molecule has 1 aromatic heterocycles. The molecule has 3 aromatic rings. The number of benzene rings is 2. The molecular weight excluding hydrogens is 328 g/mol. The Morgan fingerprint density at radius 1 is 1.13 bits per heavy atom. The maximum atomic E-state index is 6.00. The van der Waals surface area contributed by atoms with Crippen LogP contribution in [-0.4, -0.2) is 20.6 Å². The van der Waals surface area contributed by atoms with Gasteiger partial charge in [0.05, 0.1) is 5.71 Å². The molecular formula is C17H15ClN4S. The summed E-state index contributed by atoms with van der Waals surface area (Å²) in [4.78, 5) is 0. The quantitative estimate of drug-likeness (QED) is 0.562. The molecule has 0 unspecified atom stereocenters. The van der Waals surface area contributed by atoms with Gasteiger partial charge in [-0.15, -0.1) is 0 Å². The van der Waals surface area contributed by atoms with Crippen molar-refractivity contribution in [2.24, 2.45) is 5.10 Å². The second-order valence-electron chi connectivity index (χ2n) is 4.93. The van der Waals surface area contributed by atoms with E-state index in [1.165, 1.54) is 0 Å². The summed E-state index contributed by atoms with van der Waals surface area (Å²) in [6.07, 6.45) is 0.735. The molecule has 0 atom stereocenters. The van der Waals surface area contributed by atoms with E-state index in [-0.39, 0.29) is 0 Å². The van der Waals surface area contributed by atoms with E-state index in [2.05, 4.69) is 10.2 Å². The number of nitrogens with zero attached hydrogens (tertiary/aromatic N) is 3. The second-order valence-corrected chi connectivity index (χ2v) is 5.76. The lowest BCUT2D eigenvalue weighted by Crippen LogP contribution is -2.08. The van der Waals surface area contributed by atoms with Crippen molar-refractivity contribution in [3.63, 3.8) is 0 Å². The highest BCUT2D eigenvalue weighted by atomic mass is 35.5. The second kappa shape index (κ2) is 6.89. The van der Waals surface area contributed by atoms with Crippen molar-refractivity contribution in [2.75, 3.05) is 0 Å². The number of aromatic nitrogens is 3. The molecule has 0 fully saturated rings. The van der Waals surface area contributed by atoms with Gasteiger partial charge in [0.15, 0.2) is 5.82 Å². The van der Waals surface area contributed by atoms with Crippen LogP contribution < -0.4 is 0 Å². The molecule has 1 N–H and O–H groups in total. The minimum atomic E-state index is 0.476. The zero-order valence-corrected chi connectivity index (χ0v) is 14.1. The van der Waals surface area contributed by atoms with Crippen LogP contribution in [0, 0.1) is 4.77 Å². The third kappa shape index (κ3) is 3.41. The fraction of sp³-hybridized carbons (Fsp3) is 0.118. The van der Waals surface area contributed by atoms with Gasteiger partial charge in [-0.05, 0) is 24.4 Å². The Labute approximate surface area is 144 Å². The summed E-state index contributed by atoms with van der Waals surface area (Å²) >= 11 is 11.3. The van der Waals surface area contributed by atoms with Gasteiger partial charge in [-0.25, -0.2) is 0 Å². The van der Waals surface area contributed by atoms with Gasteiger partial charge in [-0.3, -0.25) is 5.10 Å². The smallest absolute Gasteiger partial charge is 0.216 e. The van der Waals surface area contributed by atoms with Crippen molar-refractivity contribution < 1.29 is 0 Å². The fourth-order valence-electron chi connectivity index (χ4n) is 2.24. The van der Waals surface area contributed by atoms with Crippen LogP contribution in [0.25, 0.3) is 0 Å². The number of halogens is 1. The van der Waals surface area contributed by atoms with Gasteiger partial charge in [0.25, 0.3) is 0 Å². The summed E-state index contributed by atoms with van der Waals surface area (Å²) in [6.45, 7) is 2.02. The largest absolute Gasteiger partial charge is 0.250 e. The lowest BCUT2D eigenvalue weighted by Gasteiger charge is -2.08. The van der Waals surface area contributed by atoms with Crippen molar-refractivity contribution in [1.29, 1.82) is 0 Å². The van der Waals surface area contributed by atoms with Crippen LogP contribution in [0.2, 0.25) is 5.02 Å². The molecule has 0 radical (unpaired) electrons. The van der Waals surface area contributed by atoms with Gasteiger partial charge in [0.2, 0.25) is 4.77 Å². The predicted octanol–water partition coefficient (Wildman–Crippen LogP) is 4.46. The number of hydrogen-bond acceptors (Lipinski definition) is 3. The van der Waals surface area contributed by atoms with Crippen molar-refractivity contribution >= 4 is 29.5 Å². The number of aromatic amines is 1. The van der Waals surface area contributed by atoms with Gasteiger partial charge < -0.3 is 0 Å². The first-order valence-electron chi connectivity index (χ1n) is 7.25. The van der Waals surface area contributed by atoms with Crippen molar-refractivity contribution in [2.45, 2.75) is 13.3 Å². The Morgan fingerprint density at radius 3 is 2.43 bits per heavy atom. The van der Waals surface area contributed by atoms with Gasteiger partial charge in [-0.1, -0.05) is 61.0 Å². The molecule has 0 aliphatic heterocycles. The van der Waals surface area contributed by atoms with E-state index in [1.54, 1.807) is 4.68 Å². The van der Waals surface area contributed by atoms with E-state index in [4.69, 9.17) is 28.9 Å². The Hall–Kier alpha value is -2.24. The summed E-state index contributed by atoms with van der Waals surface area (Å²) in [5, 5.41) is 12.4. The minimum absolute atomic E-state index is 0.476. The fourth-order valence-corrected chi connectivity index (χ4v) is 2.56. The first-order valence-corrected chi connectivity index (χ1v) is 8.04. The summed E-state index contributed by atoms with van der Waals surface area (Å²) in [5.41, 5.74) is 2.78. The molecule has 0 bridgehead atoms. The van der Waals surface area contributed by atoms with E-state index < -0.39 is 0 Å². The highest BCUT2D eigenvalue weighted by molar-refractivity contribution is 7.71. The minimum Gasteiger partial charge on any atom is -0.250 e. The summed E-state index contributed by atoms with van der Waals surface area (Å²) in [6, 6.07) is 17.6. The first-order chi connectivity index (χ1) is 11.2. The molecule has 0 aliphatic rings. The van der Waals surface area contributed by atoms with Gasteiger partial charge in [-0.2, -0.15) is 14.9 Å². The monoisotopic (exact) mass is 342 g/mol. The number of H-pyrrole nitrogens is 1. The average Bonchev–Trinajstić information content (AvgIpc) is 2.94. The van der Waals surface area contributed by atoms with Crippen LogP contribution in [0.4, 0.5) is 0 Å². The molecule has 0 saturated heterocycles. The van der Waals surface area contributed by atoms with E-state index in [0.717, 1.165) is 29.1 Å². The Kier molecular flexibility index (Phi) is 4.69. The third-order valence-electron chi connectivity index (χ3n) is 3.40. The van der Waals surface area contributed by atoms with Gasteiger partial charge in [0.1, 0.15) is 0 Å². The van der Waals surface area contributed by atoms with Crippen LogP contribution >= 0.6 is 23.8 Å². The summed E-state index contributed by atoms with van der Waals surface area (Å²) in [7, 11) is 0. The van der Waals surface area contributed by atoms with E-state index in [1.807, 2.05) is 61.5 Å². The van der Waals surface area contributed by atoms with Crippen LogP contribution in [0.15, 0.2) is 59.7 Å². The van der Waals surface area contributed by atoms with Gasteiger partial charge >= 0.3 is 0 Å². The number of aryl methyl sites for hydroxylation is 1. The summed E-state index contributed by atoms with van der Waals surface area (Å²) < 4.78 is 2.15. The normalized spacial score (nSPS) is 11.7. The molecule has 6 heteroatoms. The van der Waals surface area contributed by atoms with E-state index in [9.17, 15) is 0 Å². The average molecular weight is 343 g/mol. The predicted molar refractivity (Wildman–Crippen MR) is 95.7 cm³/mol. The highest BCUT2D eigenvalue weighted by Crippen LogP contribution is 2.16. The molecule has 2 aromatic carbocycles. The topological polar surface area (TPSA) is 46.0 Å². The molecule has 1 heterocycles. The zero-order chi connectivity index (χ0) is 16.2. The number of hydrogen-bond donors (Lipinski definition) is 1. The van der Waals surface area contributed by atoms with Crippen molar-refractivity contribution in [3.05, 3.63) is 81.3 Å². The van der Waals surface area contributed by atoms with Crippen molar-refractivity contribution in [3.8, 4) is 0 Å². The van der Waals surface area contributed by atoms with Crippen LogP contribution in [0.5, 0.6) is 0 Å². The van der Waals surface area contributed by atoms with Crippen LogP contribution in [0.1, 0.15) is 23.9 Å². The Balaban J connectivity index is 2.20. The standard InChI is InChI=1S/C17H15ClN4S/c1-2-15-19-20-17(23)22(15)21-16(12-6-4-3-5-7-12)13-8-10-14(18)11-9-13/h3-11H,2H2,1H3,(H,20,23). The molecule has 0 spiro atoms. The zero-order valence-electron chi connectivity index (χ0n) is 12.5. The SMILES string of the molecule is CCc1n[nH]c(=S)n1N=C(c1ccccc1)c1ccc(Cl)cc1. The molecule has 0 aliphatic carbocycles. The van der Waals surface area contributed by atoms with Gasteiger partial charge in [0, 0.05) is 22.6 Å². The number of nitrogens with one attached hydrogen (secondary N) is 1. The highest BCUT2D eigenvalue weighted by Gasteiger charge is 2.10. The lowest BCUT2D eigenvalue weighted by atomic mass is 10.0. The Bertz CT molecular complexity index is 879. The van der Waals surface area contributed by atoms with Crippen molar-refractivity contribution in [1.82, 2.24) is 14.9 Å². The molecule has 0 amide bonds. The third-order valence-corrected chi connectivity index (χ3v) is 3.91. The maximum absolute atomic E-state index is 6.00. The Morgan fingerprint density at radius 2 is 1.78 bits per heavy atom. The lowest BCUT2D eigenvalue weighted by molar-refractivity contribution is 0.777. The van der Waals surface area contributed by atoms with Crippen LogP contribution in [-0.2, 0) is 6.42 Å². The molecule has 0 saturated carbocycles. The van der Waals surface area contributed by atoms with E-state index in [0.29, 0.717) is 9.79 Å². The summed E-state index contributed by atoms with van der Waals surface area (Å²) in [5.74, 6) is 0.789.